The van der Waals surface area contributed by atoms with Gasteiger partial charge >= 0.3 is 0 Å². The highest BCUT2D eigenvalue weighted by Gasteiger charge is 2.15. The Kier molecular flexibility index (Phi) is 3.93. The minimum absolute atomic E-state index is 0.0742. The van der Waals surface area contributed by atoms with Crippen LogP contribution in [0.4, 0.5) is 0 Å². The number of amides is 1. The third-order valence-corrected chi connectivity index (χ3v) is 5.11. The van der Waals surface area contributed by atoms with Crippen LogP contribution in [0.1, 0.15) is 41.1 Å². The van der Waals surface area contributed by atoms with Gasteiger partial charge in [-0.05, 0) is 50.5 Å². The summed E-state index contributed by atoms with van der Waals surface area (Å²) in [4.78, 5) is 30.2. The van der Waals surface area contributed by atoms with Crippen molar-refractivity contribution in [3.8, 4) is 0 Å². The number of hydrogen-bond acceptors (Lipinski definition) is 4. The number of rotatable bonds is 3. The number of nitrogens with one attached hydrogen (secondary N) is 1. The van der Waals surface area contributed by atoms with Crippen LogP contribution in [0.2, 0.25) is 0 Å². The number of aromatic nitrogens is 2. The molecule has 6 heteroatoms. The van der Waals surface area contributed by atoms with Crippen molar-refractivity contribution in [1.29, 1.82) is 0 Å². The molecule has 23 heavy (non-hydrogen) atoms. The van der Waals surface area contributed by atoms with Crippen LogP contribution in [0.5, 0.6) is 0 Å². The van der Waals surface area contributed by atoms with Crippen LogP contribution >= 0.6 is 11.3 Å². The standard InChI is InChI=1S/C17H19N3O2S/c1-5-11(4)18-16(22)14-8-15(21)20-13-7-10(3)9(2)6-12(13)19-17(20)23-14/h6-8,11H,5H2,1-4H3,(H,18,22). The van der Waals surface area contributed by atoms with Crippen LogP contribution in [0, 0.1) is 13.8 Å². The zero-order chi connectivity index (χ0) is 16.7. The highest BCUT2D eigenvalue weighted by Crippen LogP contribution is 2.22. The van der Waals surface area contributed by atoms with E-state index in [1.807, 2.05) is 39.8 Å². The Bertz CT molecular complexity index is 971. The Morgan fingerprint density at radius 2 is 2.00 bits per heavy atom. The van der Waals surface area contributed by atoms with Crippen molar-refractivity contribution < 1.29 is 4.79 Å². The van der Waals surface area contributed by atoms with E-state index in [4.69, 9.17) is 0 Å². The van der Waals surface area contributed by atoms with Crippen LogP contribution in [0.3, 0.4) is 0 Å². The predicted molar refractivity (Wildman–Crippen MR) is 93.5 cm³/mol. The fourth-order valence-corrected chi connectivity index (χ4v) is 3.34. The molecule has 1 N–H and O–H groups in total. The third kappa shape index (κ3) is 2.74. The maximum Gasteiger partial charge on any atom is 0.261 e. The molecule has 1 amide bonds. The fourth-order valence-electron chi connectivity index (χ4n) is 2.41. The molecule has 0 spiro atoms. The van der Waals surface area contributed by atoms with Gasteiger partial charge in [-0.15, -0.1) is 0 Å². The molecule has 120 valence electrons. The molecule has 0 aliphatic rings. The molecule has 0 fully saturated rings. The number of benzene rings is 1. The molecule has 0 radical (unpaired) electrons. The summed E-state index contributed by atoms with van der Waals surface area (Å²) in [6.07, 6.45) is 0.842. The fraction of sp³-hybridized carbons (Fsp3) is 0.353. The molecule has 1 aromatic carbocycles. The molecular weight excluding hydrogens is 310 g/mol. The minimum atomic E-state index is -0.223. The maximum absolute atomic E-state index is 12.5. The number of nitrogens with zero attached hydrogens (tertiary/aromatic N) is 2. The lowest BCUT2D eigenvalue weighted by molar-refractivity contribution is 0.0943. The Morgan fingerprint density at radius 1 is 1.30 bits per heavy atom. The van der Waals surface area contributed by atoms with E-state index < -0.39 is 0 Å². The van der Waals surface area contributed by atoms with Gasteiger partial charge in [-0.25, -0.2) is 4.98 Å². The van der Waals surface area contributed by atoms with Gasteiger partial charge in [0.15, 0.2) is 4.96 Å². The van der Waals surface area contributed by atoms with E-state index in [2.05, 4.69) is 10.3 Å². The average molecular weight is 329 g/mol. The van der Waals surface area contributed by atoms with E-state index >= 15 is 0 Å². The number of carbonyl (C=O) groups is 1. The summed E-state index contributed by atoms with van der Waals surface area (Å²) >= 11 is 1.24. The SMILES string of the molecule is CCC(C)NC(=O)c1cc(=O)n2c(nc3cc(C)c(C)cc32)s1. The topological polar surface area (TPSA) is 63.5 Å². The lowest BCUT2D eigenvalue weighted by Crippen LogP contribution is -2.32. The summed E-state index contributed by atoms with van der Waals surface area (Å²) in [5, 5.41) is 2.89. The van der Waals surface area contributed by atoms with Crippen molar-refractivity contribution in [2.45, 2.75) is 40.2 Å². The first kappa shape index (κ1) is 15.7. The first-order valence-electron chi connectivity index (χ1n) is 7.65. The molecule has 1 unspecified atom stereocenters. The van der Waals surface area contributed by atoms with Gasteiger partial charge in [0.25, 0.3) is 11.5 Å². The smallest absolute Gasteiger partial charge is 0.261 e. The van der Waals surface area contributed by atoms with Gasteiger partial charge in [0, 0.05) is 12.1 Å². The van der Waals surface area contributed by atoms with Gasteiger partial charge in [-0.3, -0.25) is 14.0 Å². The van der Waals surface area contributed by atoms with Crippen molar-refractivity contribution in [2.24, 2.45) is 0 Å². The number of aryl methyl sites for hydroxylation is 2. The van der Waals surface area contributed by atoms with Gasteiger partial charge in [-0.2, -0.15) is 0 Å². The van der Waals surface area contributed by atoms with E-state index in [0.29, 0.717) is 9.84 Å². The number of hydrogen-bond donors (Lipinski definition) is 1. The molecule has 3 aromatic rings. The van der Waals surface area contributed by atoms with E-state index in [0.717, 1.165) is 28.6 Å². The molecule has 0 bridgehead atoms. The Labute approximate surface area is 138 Å². The van der Waals surface area contributed by atoms with Gasteiger partial charge in [0.2, 0.25) is 0 Å². The van der Waals surface area contributed by atoms with Crippen LogP contribution < -0.4 is 10.9 Å². The highest BCUT2D eigenvalue weighted by molar-refractivity contribution is 7.18. The quantitative estimate of drug-likeness (QED) is 0.803. The number of imidazole rings is 1. The molecule has 1 atom stereocenters. The maximum atomic E-state index is 12.5. The third-order valence-electron chi connectivity index (χ3n) is 4.13. The second-order valence-electron chi connectivity index (χ2n) is 5.89. The van der Waals surface area contributed by atoms with Crippen molar-refractivity contribution in [2.75, 3.05) is 0 Å². The molecule has 0 aliphatic carbocycles. The summed E-state index contributed by atoms with van der Waals surface area (Å²) < 4.78 is 1.58. The van der Waals surface area contributed by atoms with Crippen molar-refractivity contribution >= 4 is 33.2 Å². The lowest BCUT2D eigenvalue weighted by Gasteiger charge is -2.10. The van der Waals surface area contributed by atoms with E-state index in [-0.39, 0.29) is 17.5 Å². The summed E-state index contributed by atoms with van der Waals surface area (Å²) in [5.41, 5.74) is 3.59. The molecule has 0 saturated heterocycles. The van der Waals surface area contributed by atoms with Crippen LogP contribution in [0.25, 0.3) is 16.0 Å². The Hall–Kier alpha value is -2.21. The van der Waals surface area contributed by atoms with Gasteiger partial charge in [-0.1, -0.05) is 18.3 Å². The normalized spacial score (nSPS) is 12.7. The first-order chi connectivity index (χ1) is 10.9. The second-order valence-corrected chi connectivity index (χ2v) is 6.90. The lowest BCUT2D eigenvalue weighted by atomic mass is 10.1. The Balaban J connectivity index is 2.17. The van der Waals surface area contributed by atoms with Gasteiger partial charge in [0.05, 0.1) is 11.0 Å². The van der Waals surface area contributed by atoms with E-state index in [1.54, 1.807) is 4.40 Å². The molecule has 0 aliphatic heterocycles. The summed E-state index contributed by atoms with van der Waals surface area (Å²) in [5.74, 6) is -0.219. The number of carbonyl (C=O) groups excluding carboxylic acids is 1. The van der Waals surface area contributed by atoms with Gasteiger partial charge < -0.3 is 5.32 Å². The minimum Gasteiger partial charge on any atom is -0.349 e. The highest BCUT2D eigenvalue weighted by atomic mass is 32.1. The molecule has 3 rings (SSSR count). The van der Waals surface area contributed by atoms with E-state index in [9.17, 15) is 9.59 Å². The van der Waals surface area contributed by atoms with Crippen LogP contribution in [-0.2, 0) is 0 Å². The summed E-state index contributed by atoms with van der Waals surface area (Å²) in [7, 11) is 0. The first-order valence-corrected chi connectivity index (χ1v) is 8.46. The monoisotopic (exact) mass is 329 g/mol. The molecule has 5 nitrogen and oxygen atoms in total. The second kappa shape index (κ2) is 5.77. The average Bonchev–Trinajstić information content (AvgIpc) is 2.85. The van der Waals surface area contributed by atoms with Crippen molar-refractivity contribution in [1.82, 2.24) is 14.7 Å². The summed E-state index contributed by atoms with van der Waals surface area (Å²) in [6, 6.07) is 5.41. The largest absolute Gasteiger partial charge is 0.349 e. The zero-order valence-electron chi connectivity index (χ0n) is 13.6. The number of fused-ring (bicyclic) bond motifs is 3. The van der Waals surface area contributed by atoms with Gasteiger partial charge in [0.1, 0.15) is 4.88 Å². The molecule has 2 heterocycles. The zero-order valence-corrected chi connectivity index (χ0v) is 14.5. The predicted octanol–water partition coefficient (Wildman–Crippen LogP) is 3.05. The van der Waals surface area contributed by atoms with Crippen LogP contribution in [-0.4, -0.2) is 21.3 Å². The van der Waals surface area contributed by atoms with E-state index in [1.165, 1.54) is 17.4 Å². The molecular formula is C17H19N3O2S. The molecule has 0 saturated carbocycles. The van der Waals surface area contributed by atoms with Crippen molar-refractivity contribution in [3.05, 3.63) is 44.6 Å². The Morgan fingerprint density at radius 3 is 2.70 bits per heavy atom. The summed E-state index contributed by atoms with van der Waals surface area (Å²) in [6.45, 7) is 7.97. The molecule has 2 aromatic heterocycles. The van der Waals surface area contributed by atoms with Crippen LogP contribution in [0.15, 0.2) is 23.0 Å². The van der Waals surface area contributed by atoms with Crippen molar-refractivity contribution in [3.63, 3.8) is 0 Å².